The molecule has 0 amide bonds. The van der Waals surface area contributed by atoms with Crippen LogP contribution < -0.4 is 11.1 Å². The van der Waals surface area contributed by atoms with Crippen LogP contribution in [0.3, 0.4) is 0 Å². The summed E-state index contributed by atoms with van der Waals surface area (Å²) in [6.07, 6.45) is 0. The van der Waals surface area contributed by atoms with E-state index in [9.17, 15) is 4.79 Å². The second-order valence-electron chi connectivity index (χ2n) is 4.63. The van der Waals surface area contributed by atoms with Gasteiger partial charge in [-0.05, 0) is 49.7 Å². The SMILES string of the molecule is CCOC(=O)c1cccc(Nc2cc(C)cc(Br)c2)c1N. The lowest BCUT2D eigenvalue weighted by molar-refractivity contribution is 0.0527. The van der Waals surface area contributed by atoms with E-state index in [1.165, 1.54) is 0 Å². The molecule has 4 nitrogen and oxygen atoms in total. The molecule has 3 N–H and O–H groups in total. The number of aryl methyl sites for hydroxylation is 1. The molecule has 2 aromatic rings. The topological polar surface area (TPSA) is 64.3 Å². The molecule has 0 aliphatic carbocycles. The van der Waals surface area contributed by atoms with Gasteiger partial charge in [0.2, 0.25) is 0 Å². The van der Waals surface area contributed by atoms with E-state index in [4.69, 9.17) is 10.5 Å². The highest BCUT2D eigenvalue weighted by Gasteiger charge is 2.13. The van der Waals surface area contributed by atoms with Gasteiger partial charge in [0.1, 0.15) is 0 Å². The first-order valence-corrected chi connectivity index (χ1v) is 7.40. The fourth-order valence-electron chi connectivity index (χ4n) is 2.03. The van der Waals surface area contributed by atoms with Crippen molar-refractivity contribution in [3.05, 3.63) is 52.0 Å². The Bertz CT molecular complexity index is 651. The molecular formula is C16H17BrN2O2. The lowest BCUT2D eigenvalue weighted by Gasteiger charge is -2.13. The molecule has 0 saturated heterocycles. The number of ether oxygens (including phenoxy) is 1. The van der Waals surface area contributed by atoms with Crippen LogP contribution >= 0.6 is 15.9 Å². The second-order valence-corrected chi connectivity index (χ2v) is 5.55. The minimum atomic E-state index is -0.413. The van der Waals surface area contributed by atoms with Gasteiger partial charge in [-0.15, -0.1) is 0 Å². The van der Waals surface area contributed by atoms with Crippen LogP contribution in [0.5, 0.6) is 0 Å². The minimum absolute atomic E-state index is 0.320. The number of hydrogen-bond acceptors (Lipinski definition) is 4. The van der Waals surface area contributed by atoms with Crippen molar-refractivity contribution < 1.29 is 9.53 Å². The summed E-state index contributed by atoms with van der Waals surface area (Å²) in [5, 5.41) is 3.23. The Labute approximate surface area is 132 Å². The Balaban J connectivity index is 2.32. The molecule has 21 heavy (non-hydrogen) atoms. The molecule has 0 unspecified atom stereocenters. The summed E-state index contributed by atoms with van der Waals surface area (Å²) in [5.74, 6) is -0.413. The van der Waals surface area contributed by atoms with E-state index in [-0.39, 0.29) is 0 Å². The number of para-hydroxylation sites is 1. The van der Waals surface area contributed by atoms with Crippen molar-refractivity contribution >= 4 is 39.0 Å². The molecule has 0 heterocycles. The Kier molecular flexibility index (Phi) is 4.85. The normalized spacial score (nSPS) is 10.2. The van der Waals surface area contributed by atoms with Crippen molar-refractivity contribution in [2.45, 2.75) is 13.8 Å². The number of nitrogens with two attached hydrogens (primary N) is 1. The number of hydrogen-bond donors (Lipinski definition) is 2. The highest BCUT2D eigenvalue weighted by atomic mass is 79.9. The van der Waals surface area contributed by atoms with Crippen molar-refractivity contribution in [1.29, 1.82) is 0 Å². The zero-order valence-electron chi connectivity index (χ0n) is 11.9. The third-order valence-electron chi connectivity index (χ3n) is 2.92. The summed E-state index contributed by atoms with van der Waals surface area (Å²) in [6.45, 7) is 4.09. The predicted octanol–water partition coefficient (Wildman–Crippen LogP) is 4.26. The van der Waals surface area contributed by atoms with Gasteiger partial charge < -0.3 is 15.8 Å². The summed E-state index contributed by atoms with van der Waals surface area (Å²) < 4.78 is 5.97. The number of halogens is 1. The molecule has 0 aliphatic rings. The summed E-state index contributed by atoms with van der Waals surface area (Å²) in [6, 6.07) is 11.2. The predicted molar refractivity (Wildman–Crippen MR) is 89.0 cm³/mol. The van der Waals surface area contributed by atoms with E-state index in [1.54, 1.807) is 19.1 Å². The maximum atomic E-state index is 11.8. The van der Waals surface area contributed by atoms with Gasteiger partial charge >= 0.3 is 5.97 Å². The third kappa shape index (κ3) is 3.76. The number of benzene rings is 2. The quantitative estimate of drug-likeness (QED) is 0.639. The maximum Gasteiger partial charge on any atom is 0.340 e. The molecule has 5 heteroatoms. The van der Waals surface area contributed by atoms with E-state index in [0.29, 0.717) is 23.5 Å². The summed E-state index contributed by atoms with van der Waals surface area (Å²) in [5.41, 5.74) is 9.51. The molecule has 2 rings (SSSR count). The van der Waals surface area contributed by atoms with Gasteiger partial charge in [0, 0.05) is 10.2 Å². The van der Waals surface area contributed by atoms with E-state index in [1.807, 2.05) is 31.2 Å². The molecule has 110 valence electrons. The fourth-order valence-corrected chi connectivity index (χ4v) is 2.63. The number of carbonyl (C=O) groups is 1. The van der Waals surface area contributed by atoms with Gasteiger partial charge in [-0.2, -0.15) is 0 Å². The van der Waals surface area contributed by atoms with Crippen molar-refractivity contribution in [2.24, 2.45) is 0 Å². The Morgan fingerprint density at radius 1 is 1.33 bits per heavy atom. The number of carbonyl (C=O) groups excluding carboxylic acids is 1. The summed E-state index contributed by atoms with van der Waals surface area (Å²) >= 11 is 3.46. The van der Waals surface area contributed by atoms with Crippen LogP contribution in [-0.4, -0.2) is 12.6 Å². The first kappa shape index (κ1) is 15.4. The first-order valence-electron chi connectivity index (χ1n) is 6.61. The molecule has 0 aromatic heterocycles. The first-order chi connectivity index (χ1) is 10.0. The fraction of sp³-hybridized carbons (Fsp3) is 0.188. The van der Waals surface area contributed by atoms with Crippen molar-refractivity contribution in [2.75, 3.05) is 17.7 Å². The van der Waals surface area contributed by atoms with Crippen molar-refractivity contribution in [3.63, 3.8) is 0 Å². The van der Waals surface area contributed by atoms with Crippen LogP contribution in [0, 0.1) is 6.92 Å². The highest BCUT2D eigenvalue weighted by molar-refractivity contribution is 9.10. The number of anilines is 3. The van der Waals surface area contributed by atoms with Crippen LogP contribution in [0.2, 0.25) is 0 Å². The van der Waals surface area contributed by atoms with Crippen molar-refractivity contribution in [3.8, 4) is 0 Å². The van der Waals surface area contributed by atoms with Crippen LogP contribution in [0.25, 0.3) is 0 Å². The standard InChI is InChI=1S/C16H17BrN2O2/c1-3-21-16(20)13-5-4-6-14(15(13)18)19-12-8-10(2)7-11(17)9-12/h4-9,19H,3,18H2,1-2H3. The molecule has 0 spiro atoms. The van der Waals surface area contributed by atoms with Gasteiger partial charge in [0.05, 0.1) is 23.5 Å². The van der Waals surface area contributed by atoms with E-state index < -0.39 is 5.97 Å². The van der Waals surface area contributed by atoms with E-state index >= 15 is 0 Å². The molecule has 2 aromatic carbocycles. The Morgan fingerprint density at radius 2 is 2.10 bits per heavy atom. The average molecular weight is 349 g/mol. The molecular weight excluding hydrogens is 332 g/mol. The van der Waals surface area contributed by atoms with Crippen LogP contribution in [0.4, 0.5) is 17.1 Å². The third-order valence-corrected chi connectivity index (χ3v) is 3.38. The average Bonchev–Trinajstić information content (AvgIpc) is 2.40. The van der Waals surface area contributed by atoms with Gasteiger partial charge in [-0.25, -0.2) is 4.79 Å². The molecule has 0 radical (unpaired) electrons. The molecule has 0 atom stereocenters. The summed E-state index contributed by atoms with van der Waals surface area (Å²) in [4.78, 5) is 11.8. The Morgan fingerprint density at radius 3 is 2.76 bits per heavy atom. The van der Waals surface area contributed by atoms with Crippen LogP contribution in [0.1, 0.15) is 22.8 Å². The highest BCUT2D eigenvalue weighted by Crippen LogP contribution is 2.28. The lowest BCUT2D eigenvalue weighted by atomic mass is 10.1. The second kappa shape index (κ2) is 6.63. The summed E-state index contributed by atoms with van der Waals surface area (Å²) in [7, 11) is 0. The number of nitrogens with one attached hydrogen (secondary N) is 1. The monoisotopic (exact) mass is 348 g/mol. The smallest absolute Gasteiger partial charge is 0.340 e. The van der Waals surface area contributed by atoms with Crippen LogP contribution in [-0.2, 0) is 4.74 Å². The van der Waals surface area contributed by atoms with Crippen molar-refractivity contribution in [1.82, 2.24) is 0 Å². The van der Waals surface area contributed by atoms with Gasteiger partial charge in [-0.3, -0.25) is 0 Å². The maximum absolute atomic E-state index is 11.8. The molecule has 0 fully saturated rings. The lowest BCUT2D eigenvalue weighted by Crippen LogP contribution is -2.09. The van der Waals surface area contributed by atoms with Gasteiger partial charge in [-0.1, -0.05) is 22.0 Å². The largest absolute Gasteiger partial charge is 0.462 e. The Hall–Kier alpha value is -2.01. The number of nitrogen functional groups attached to an aromatic ring is 1. The molecule has 0 bridgehead atoms. The number of esters is 1. The van der Waals surface area contributed by atoms with Gasteiger partial charge in [0.15, 0.2) is 0 Å². The zero-order valence-corrected chi connectivity index (χ0v) is 13.5. The minimum Gasteiger partial charge on any atom is -0.462 e. The number of rotatable bonds is 4. The van der Waals surface area contributed by atoms with Crippen LogP contribution in [0.15, 0.2) is 40.9 Å². The van der Waals surface area contributed by atoms with E-state index in [2.05, 4.69) is 21.2 Å². The van der Waals surface area contributed by atoms with E-state index in [0.717, 1.165) is 15.7 Å². The molecule has 0 aliphatic heterocycles. The molecule has 0 saturated carbocycles. The van der Waals surface area contributed by atoms with Gasteiger partial charge in [0.25, 0.3) is 0 Å². The zero-order chi connectivity index (χ0) is 15.4.